The zero-order chi connectivity index (χ0) is 14.1. The number of nitrogens with one attached hydrogen (secondary N) is 3. The highest BCUT2D eigenvalue weighted by atomic mass is 16.2. The van der Waals surface area contributed by atoms with Gasteiger partial charge < -0.3 is 16.4 Å². The first kappa shape index (κ1) is 12.5. The van der Waals surface area contributed by atoms with Crippen molar-refractivity contribution in [3.8, 4) is 0 Å². The van der Waals surface area contributed by atoms with Crippen LogP contribution in [-0.4, -0.2) is 28.5 Å². The summed E-state index contributed by atoms with van der Waals surface area (Å²) in [6.07, 6.45) is 2.08. The minimum Gasteiger partial charge on any atom is -0.399 e. The van der Waals surface area contributed by atoms with E-state index in [-0.39, 0.29) is 24.0 Å². The number of anilines is 2. The highest BCUT2D eigenvalue weighted by Crippen LogP contribution is 2.18. The molecule has 1 amide bonds. The summed E-state index contributed by atoms with van der Waals surface area (Å²) < 4.78 is 0. The van der Waals surface area contributed by atoms with Gasteiger partial charge in [-0.25, -0.2) is 4.98 Å². The van der Waals surface area contributed by atoms with E-state index < -0.39 is 0 Å². The molecule has 0 atom stereocenters. The van der Waals surface area contributed by atoms with E-state index in [1.54, 1.807) is 18.2 Å². The summed E-state index contributed by atoms with van der Waals surface area (Å²) in [5.74, 6) is 0.172. The summed E-state index contributed by atoms with van der Waals surface area (Å²) in [6.45, 7) is 0.0833. The van der Waals surface area contributed by atoms with Gasteiger partial charge >= 0.3 is 0 Å². The molecule has 1 aromatic heterocycles. The second-order valence-corrected chi connectivity index (χ2v) is 4.89. The number of benzene rings is 1. The molecule has 0 aliphatic heterocycles. The molecule has 0 saturated heterocycles. The summed E-state index contributed by atoms with van der Waals surface area (Å²) in [5.41, 5.74) is 6.39. The topological polar surface area (TPSA) is 113 Å². The molecule has 1 aliphatic rings. The van der Waals surface area contributed by atoms with E-state index in [0.717, 1.165) is 12.8 Å². The molecule has 7 nitrogen and oxygen atoms in total. The van der Waals surface area contributed by atoms with Crippen LogP contribution >= 0.6 is 0 Å². The Kier molecular flexibility index (Phi) is 3.02. The summed E-state index contributed by atoms with van der Waals surface area (Å²) in [7, 11) is 0. The average Bonchev–Trinajstić information content (AvgIpc) is 3.21. The molecule has 0 unspecified atom stereocenters. The molecule has 5 N–H and O–H groups in total. The number of aromatic amines is 1. The zero-order valence-electron chi connectivity index (χ0n) is 10.8. The van der Waals surface area contributed by atoms with Gasteiger partial charge in [0.05, 0.1) is 17.4 Å². The Balaban J connectivity index is 1.76. The van der Waals surface area contributed by atoms with Gasteiger partial charge in [-0.2, -0.15) is 0 Å². The van der Waals surface area contributed by atoms with Crippen LogP contribution in [-0.2, 0) is 4.79 Å². The van der Waals surface area contributed by atoms with Gasteiger partial charge in [-0.3, -0.25) is 14.6 Å². The van der Waals surface area contributed by atoms with Gasteiger partial charge in [-0.1, -0.05) is 0 Å². The van der Waals surface area contributed by atoms with Crippen LogP contribution in [0.3, 0.4) is 0 Å². The molecule has 1 saturated carbocycles. The third-order valence-electron chi connectivity index (χ3n) is 3.09. The van der Waals surface area contributed by atoms with Crippen LogP contribution in [0, 0.1) is 0 Å². The fourth-order valence-corrected chi connectivity index (χ4v) is 1.91. The summed E-state index contributed by atoms with van der Waals surface area (Å²) >= 11 is 0. The Labute approximate surface area is 114 Å². The molecule has 0 spiro atoms. The van der Waals surface area contributed by atoms with Crippen LogP contribution in [0.5, 0.6) is 0 Å². The molecule has 0 bridgehead atoms. The highest BCUT2D eigenvalue weighted by molar-refractivity contribution is 5.83. The largest absolute Gasteiger partial charge is 0.399 e. The minimum atomic E-state index is -0.285. The molecule has 7 heteroatoms. The molecule has 1 heterocycles. The number of carbonyl (C=O) groups excluding carboxylic acids is 1. The minimum absolute atomic E-state index is 0.0833. The number of aromatic nitrogens is 2. The molecule has 3 rings (SSSR count). The number of H-pyrrole nitrogens is 1. The van der Waals surface area contributed by atoms with E-state index in [4.69, 9.17) is 5.73 Å². The van der Waals surface area contributed by atoms with Crippen LogP contribution in [0.2, 0.25) is 0 Å². The third kappa shape index (κ3) is 2.71. The maximum atomic E-state index is 11.9. The molecule has 0 radical (unpaired) electrons. The number of hydrogen-bond acceptors (Lipinski definition) is 5. The monoisotopic (exact) mass is 273 g/mol. The molecule has 2 aromatic rings. The number of carbonyl (C=O) groups is 1. The number of fused-ring (bicyclic) bond motifs is 1. The number of nitrogens with two attached hydrogens (primary N) is 1. The van der Waals surface area contributed by atoms with Gasteiger partial charge in [-0.05, 0) is 31.0 Å². The average molecular weight is 273 g/mol. The van der Waals surface area contributed by atoms with Crippen molar-refractivity contribution in [2.75, 3.05) is 17.6 Å². The Morgan fingerprint density at radius 1 is 1.45 bits per heavy atom. The summed E-state index contributed by atoms with van der Waals surface area (Å²) in [5, 5.41) is 6.09. The lowest BCUT2D eigenvalue weighted by Gasteiger charge is -2.07. The van der Waals surface area contributed by atoms with Crippen molar-refractivity contribution in [2.24, 2.45) is 0 Å². The first-order valence-electron chi connectivity index (χ1n) is 6.44. The lowest BCUT2D eigenvalue weighted by molar-refractivity contribution is -0.119. The van der Waals surface area contributed by atoms with Crippen molar-refractivity contribution < 1.29 is 4.79 Å². The molecular formula is C13H15N5O2. The lowest BCUT2D eigenvalue weighted by atomic mass is 10.2. The standard InChI is InChI=1S/C13H15N5O2/c14-7-1-4-10-9(5-7)12(20)18-13(17-10)15-6-11(19)16-8-2-3-8/h1,4-5,8H,2-3,6,14H2,(H,16,19)(H2,15,17,18,20). The Hall–Kier alpha value is -2.57. The smallest absolute Gasteiger partial charge is 0.260 e. The van der Waals surface area contributed by atoms with Crippen LogP contribution in [0.4, 0.5) is 11.6 Å². The Bertz CT molecular complexity index is 720. The van der Waals surface area contributed by atoms with E-state index in [0.29, 0.717) is 22.6 Å². The quantitative estimate of drug-likeness (QED) is 0.594. The van der Waals surface area contributed by atoms with Gasteiger partial charge in [0.15, 0.2) is 0 Å². The second-order valence-electron chi connectivity index (χ2n) is 4.89. The highest BCUT2D eigenvalue weighted by Gasteiger charge is 2.22. The Morgan fingerprint density at radius 2 is 2.25 bits per heavy atom. The van der Waals surface area contributed by atoms with Crippen LogP contribution in [0.25, 0.3) is 10.9 Å². The van der Waals surface area contributed by atoms with Crippen LogP contribution in [0.1, 0.15) is 12.8 Å². The van der Waals surface area contributed by atoms with E-state index in [1.807, 2.05) is 0 Å². The van der Waals surface area contributed by atoms with Crippen molar-refractivity contribution in [3.05, 3.63) is 28.6 Å². The van der Waals surface area contributed by atoms with Crippen molar-refractivity contribution in [1.29, 1.82) is 0 Å². The number of rotatable bonds is 4. The van der Waals surface area contributed by atoms with Gasteiger partial charge in [-0.15, -0.1) is 0 Å². The van der Waals surface area contributed by atoms with Gasteiger partial charge in [0.1, 0.15) is 0 Å². The van der Waals surface area contributed by atoms with E-state index in [1.165, 1.54) is 0 Å². The van der Waals surface area contributed by atoms with Gasteiger partial charge in [0.25, 0.3) is 5.56 Å². The van der Waals surface area contributed by atoms with E-state index in [2.05, 4.69) is 20.6 Å². The normalized spacial score (nSPS) is 14.2. The lowest BCUT2D eigenvalue weighted by Crippen LogP contribution is -2.32. The fourth-order valence-electron chi connectivity index (χ4n) is 1.91. The predicted molar refractivity (Wildman–Crippen MR) is 76.4 cm³/mol. The second kappa shape index (κ2) is 4.84. The van der Waals surface area contributed by atoms with Crippen molar-refractivity contribution in [3.63, 3.8) is 0 Å². The maximum Gasteiger partial charge on any atom is 0.260 e. The molecule has 1 aromatic carbocycles. The number of nitrogens with zero attached hydrogens (tertiary/aromatic N) is 1. The van der Waals surface area contributed by atoms with Crippen molar-refractivity contribution >= 4 is 28.4 Å². The Morgan fingerprint density at radius 3 is 3.00 bits per heavy atom. The fraction of sp³-hybridized carbons (Fsp3) is 0.308. The van der Waals surface area contributed by atoms with Crippen LogP contribution < -0.4 is 21.9 Å². The van der Waals surface area contributed by atoms with Gasteiger partial charge in [0, 0.05) is 11.7 Å². The summed E-state index contributed by atoms with van der Waals surface area (Å²) in [4.78, 5) is 30.3. The number of nitrogen functional groups attached to an aromatic ring is 1. The van der Waals surface area contributed by atoms with Crippen molar-refractivity contribution in [1.82, 2.24) is 15.3 Å². The van der Waals surface area contributed by atoms with E-state index >= 15 is 0 Å². The number of hydrogen-bond donors (Lipinski definition) is 4. The molecule has 20 heavy (non-hydrogen) atoms. The summed E-state index contributed by atoms with van der Waals surface area (Å²) in [6, 6.07) is 5.24. The molecule has 104 valence electrons. The van der Waals surface area contributed by atoms with E-state index in [9.17, 15) is 9.59 Å². The third-order valence-corrected chi connectivity index (χ3v) is 3.09. The zero-order valence-corrected chi connectivity index (χ0v) is 10.8. The molecular weight excluding hydrogens is 258 g/mol. The first-order chi connectivity index (χ1) is 9.61. The van der Waals surface area contributed by atoms with Gasteiger partial charge in [0.2, 0.25) is 11.9 Å². The van der Waals surface area contributed by atoms with Crippen molar-refractivity contribution in [2.45, 2.75) is 18.9 Å². The predicted octanol–water partition coefficient (Wildman–Crippen LogP) is 0.196. The maximum absolute atomic E-state index is 11.9. The number of amides is 1. The molecule has 1 fully saturated rings. The SMILES string of the molecule is Nc1ccc2nc(NCC(=O)NC3CC3)[nH]c(=O)c2c1. The first-order valence-corrected chi connectivity index (χ1v) is 6.44. The molecule has 1 aliphatic carbocycles. The van der Waals surface area contributed by atoms with Crippen LogP contribution in [0.15, 0.2) is 23.0 Å².